The van der Waals surface area contributed by atoms with Gasteiger partial charge in [0.15, 0.2) is 0 Å². The highest BCUT2D eigenvalue weighted by Gasteiger charge is 2.12. The number of hydrogen-bond donors (Lipinski definition) is 3. The zero-order valence-corrected chi connectivity index (χ0v) is 15.8. The SMILES string of the molecule is CCOc1ccc(Br)cc1-c1cc(Nc2ccc(CO)cc2)nc(N)n1. The van der Waals surface area contributed by atoms with Gasteiger partial charge in [-0.3, -0.25) is 0 Å². The van der Waals surface area contributed by atoms with Crippen LogP contribution < -0.4 is 15.8 Å². The van der Waals surface area contributed by atoms with Crippen LogP contribution in [0.4, 0.5) is 17.5 Å². The Morgan fingerprint density at radius 1 is 1.12 bits per heavy atom. The monoisotopic (exact) mass is 414 g/mol. The van der Waals surface area contributed by atoms with Crippen molar-refractivity contribution in [3.05, 3.63) is 58.6 Å². The summed E-state index contributed by atoms with van der Waals surface area (Å²) in [7, 11) is 0. The van der Waals surface area contributed by atoms with Gasteiger partial charge in [-0.2, -0.15) is 4.98 Å². The average molecular weight is 415 g/mol. The van der Waals surface area contributed by atoms with Crippen molar-refractivity contribution in [1.82, 2.24) is 9.97 Å². The highest BCUT2D eigenvalue weighted by molar-refractivity contribution is 9.10. The molecule has 0 bridgehead atoms. The molecule has 134 valence electrons. The van der Waals surface area contributed by atoms with Crippen LogP contribution in [0.25, 0.3) is 11.3 Å². The summed E-state index contributed by atoms with van der Waals surface area (Å²) in [5.41, 5.74) is 9.08. The molecule has 7 heteroatoms. The minimum Gasteiger partial charge on any atom is -0.493 e. The molecule has 0 radical (unpaired) electrons. The lowest BCUT2D eigenvalue weighted by atomic mass is 10.1. The summed E-state index contributed by atoms with van der Waals surface area (Å²) >= 11 is 3.48. The molecule has 26 heavy (non-hydrogen) atoms. The lowest BCUT2D eigenvalue weighted by Crippen LogP contribution is -2.02. The minimum atomic E-state index is 0.00791. The molecule has 6 nitrogen and oxygen atoms in total. The van der Waals surface area contributed by atoms with E-state index in [-0.39, 0.29) is 12.6 Å². The number of benzene rings is 2. The summed E-state index contributed by atoms with van der Waals surface area (Å²) in [5.74, 6) is 1.47. The molecule has 3 rings (SSSR count). The molecular formula is C19H19BrN4O2. The number of nitrogens with zero attached hydrogens (tertiary/aromatic N) is 2. The molecular weight excluding hydrogens is 396 g/mol. The second-order valence-corrected chi connectivity index (χ2v) is 6.47. The molecule has 3 aromatic rings. The van der Waals surface area contributed by atoms with Crippen molar-refractivity contribution in [2.75, 3.05) is 17.7 Å². The fourth-order valence-electron chi connectivity index (χ4n) is 2.49. The van der Waals surface area contributed by atoms with Crippen LogP contribution in [-0.4, -0.2) is 21.7 Å². The number of ether oxygens (including phenoxy) is 1. The Hall–Kier alpha value is -2.64. The van der Waals surface area contributed by atoms with Gasteiger partial charge < -0.3 is 20.9 Å². The molecule has 0 amide bonds. The van der Waals surface area contributed by atoms with E-state index in [1.807, 2.05) is 55.5 Å². The van der Waals surface area contributed by atoms with E-state index in [0.717, 1.165) is 27.0 Å². The number of nitrogen functional groups attached to an aromatic ring is 1. The quantitative estimate of drug-likeness (QED) is 0.561. The normalized spacial score (nSPS) is 10.6. The first-order valence-electron chi connectivity index (χ1n) is 8.13. The van der Waals surface area contributed by atoms with Gasteiger partial charge in [0.05, 0.1) is 18.9 Å². The number of aliphatic hydroxyl groups is 1. The molecule has 0 fully saturated rings. The second kappa shape index (κ2) is 8.16. The molecule has 1 aromatic heterocycles. The lowest BCUT2D eigenvalue weighted by Gasteiger charge is -2.12. The first-order valence-corrected chi connectivity index (χ1v) is 8.92. The predicted molar refractivity (Wildman–Crippen MR) is 106 cm³/mol. The number of rotatable bonds is 6. The van der Waals surface area contributed by atoms with Crippen molar-refractivity contribution in [3.63, 3.8) is 0 Å². The van der Waals surface area contributed by atoms with Crippen LogP contribution in [-0.2, 0) is 6.61 Å². The zero-order chi connectivity index (χ0) is 18.5. The summed E-state index contributed by atoms with van der Waals surface area (Å²) in [6.07, 6.45) is 0. The maximum Gasteiger partial charge on any atom is 0.222 e. The van der Waals surface area contributed by atoms with Crippen LogP contribution in [0.1, 0.15) is 12.5 Å². The number of hydrogen-bond acceptors (Lipinski definition) is 6. The Labute approximate surface area is 160 Å². The molecule has 0 atom stereocenters. The molecule has 0 aliphatic carbocycles. The number of halogens is 1. The first-order chi connectivity index (χ1) is 12.6. The highest BCUT2D eigenvalue weighted by atomic mass is 79.9. The van der Waals surface area contributed by atoms with E-state index in [1.165, 1.54) is 0 Å². The lowest BCUT2D eigenvalue weighted by molar-refractivity contribution is 0.282. The van der Waals surface area contributed by atoms with Crippen molar-refractivity contribution in [3.8, 4) is 17.0 Å². The van der Waals surface area contributed by atoms with Gasteiger partial charge in [0, 0.05) is 21.8 Å². The fraction of sp³-hybridized carbons (Fsp3) is 0.158. The van der Waals surface area contributed by atoms with Crippen LogP contribution in [0.15, 0.2) is 53.0 Å². The van der Waals surface area contributed by atoms with Gasteiger partial charge in [0.25, 0.3) is 0 Å². The molecule has 0 saturated heterocycles. The second-order valence-electron chi connectivity index (χ2n) is 5.55. The van der Waals surface area contributed by atoms with Crippen molar-refractivity contribution >= 4 is 33.4 Å². The van der Waals surface area contributed by atoms with Gasteiger partial charge in [-0.05, 0) is 42.8 Å². The average Bonchev–Trinajstić information content (AvgIpc) is 2.63. The van der Waals surface area contributed by atoms with E-state index in [2.05, 4.69) is 31.2 Å². The van der Waals surface area contributed by atoms with Crippen LogP contribution in [0, 0.1) is 0 Å². The number of anilines is 3. The van der Waals surface area contributed by atoms with Crippen LogP contribution >= 0.6 is 15.9 Å². The van der Waals surface area contributed by atoms with Crippen molar-refractivity contribution in [2.45, 2.75) is 13.5 Å². The van der Waals surface area contributed by atoms with Gasteiger partial charge >= 0.3 is 0 Å². The Kier molecular flexibility index (Phi) is 5.70. The fourth-order valence-corrected chi connectivity index (χ4v) is 2.85. The molecule has 0 saturated carbocycles. The van der Waals surface area contributed by atoms with Crippen molar-refractivity contribution in [2.24, 2.45) is 0 Å². The maximum absolute atomic E-state index is 9.14. The highest BCUT2D eigenvalue weighted by Crippen LogP contribution is 2.33. The van der Waals surface area contributed by atoms with Crippen molar-refractivity contribution in [1.29, 1.82) is 0 Å². The largest absolute Gasteiger partial charge is 0.493 e. The summed E-state index contributed by atoms with van der Waals surface area (Å²) in [6.45, 7) is 2.49. The predicted octanol–water partition coefficient (Wildman–Crippen LogP) is 4.12. The van der Waals surface area contributed by atoms with Gasteiger partial charge in [-0.25, -0.2) is 4.98 Å². The summed E-state index contributed by atoms with van der Waals surface area (Å²) < 4.78 is 6.62. The first kappa shape index (κ1) is 18.2. The third kappa shape index (κ3) is 4.30. The summed E-state index contributed by atoms with van der Waals surface area (Å²) in [6, 6.07) is 15.0. The molecule has 0 aliphatic rings. The smallest absolute Gasteiger partial charge is 0.222 e. The topological polar surface area (TPSA) is 93.3 Å². The van der Waals surface area contributed by atoms with Crippen LogP contribution in [0.5, 0.6) is 5.75 Å². The van der Waals surface area contributed by atoms with E-state index in [9.17, 15) is 0 Å². The molecule has 0 aliphatic heterocycles. The number of aromatic nitrogens is 2. The maximum atomic E-state index is 9.14. The Bertz CT molecular complexity index is 901. The van der Waals surface area contributed by atoms with Gasteiger partial charge in [0.2, 0.25) is 5.95 Å². The Balaban J connectivity index is 1.96. The third-order valence-corrected chi connectivity index (χ3v) is 4.16. The van der Waals surface area contributed by atoms with E-state index in [4.69, 9.17) is 15.6 Å². The van der Waals surface area contributed by atoms with E-state index in [0.29, 0.717) is 18.1 Å². The van der Waals surface area contributed by atoms with E-state index >= 15 is 0 Å². The van der Waals surface area contributed by atoms with Crippen LogP contribution in [0.2, 0.25) is 0 Å². The standard InChI is InChI=1S/C19H19BrN4O2/c1-2-26-17-8-5-13(20)9-15(17)16-10-18(24-19(21)23-16)22-14-6-3-12(11-25)4-7-14/h3-10,25H,2,11H2,1H3,(H3,21,22,23,24). The van der Waals surface area contributed by atoms with E-state index < -0.39 is 0 Å². The number of aliphatic hydroxyl groups excluding tert-OH is 1. The third-order valence-electron chi connectivity index (χ3n) is 3.67. The zero-order valence-electron chi connectivity index (χ0n) is 14.2. The van der Waals surface area contributed by atoms with Gasteiger partial charge in [-0.15, -0.1) is 0 Å². The Morgan fingerprint density at radius 2 is 1.88 bits per heavy atom. The van der Waals surface area contributed by atoms with E-state index in [1.54, 1.807) is 0 Å². The van der Waals surface area contributed by atoms with Gasteiger partial charge in [-0.1, -0.05) is 28.1 Å². The summed E-state index contributed by atoms with van der Waals surface area (Å²) in [4.78, 5) is 8.60. The van der Waals surface area contributed by atoms with Crippen LogP contribution in [0.3, 0.4) is 0 Å². The molecule has 0 spiro atoms. The molecule has 1 heterocycles. The van der Waals surface area contributed by atoms with Crippen molar-refractivity contribution < 1.29 is 9.84 Å². The minimum absolute atomic E-state index is 0.00791. The molecule has 4 N–H and O–H groups in total. The van der Waals surface area contributed by atoms with Gasteiger partial charge in [0.1, 0.15) is 11.6 Å². The molecule has 2 aromatic carbocycles. The number of nitrogens with two attached hydrogens (primary N) is 1. The Morgan fingerprint density at radius 3 is 2.58 bits per heavy atom. The molecule has 0 unspecified atom stereocenters. The summed E-state index contributed by atoms with van der Waals surface area (Å²) in [5, 5.41) is 12.3. The number of nitrogens with one attached hydrogen (secondary N) is 1.